The van der Waals surface area contributed by atoms with Crippen molar-refractivity contribution in [3.05, 3.63) is 59.7 Å². The van der Waals surface area contributed by atoms with Gasteiger partial charge in [0.15, 0.2) is 5.65 Å². The standard InChI is InChI=1S/C23H22N6O2/c24-21-19(23(31)26-15-8-2-3-9-15)20-22(28-17-11-5-4-10-16(17)27-20)29(21)25-13-14-7-1-6-12-18(14)30/h1,4-7,10-13,15,30H,2-3,8-9,24H2,(H,26,31). The molecule has 0 unspecified atom stereocenters. The highest BCUT2D eigenvalue weighted by atomic mass is 16.3. The van der Waals surface area contributed by atoms with Gasteiger partial charge in [0.05, 0.1) is 17.2 Å². The van der Waals surface area contributed by atoms with E-state index in [2.05, 4.69) is 20.4 Å². The van der Waals surface area contributed by atoms with E-state index < -0.39 is 0 Å². The Morgan fingerprint density at radius 1 is 1.10 bits per heavy atom. The Bertz CT molecular complexity index is 1320. The van der Waals surface area contributed by atoms with Crippen molar-refractivity contribution < 1.29 is 9.90 Å². The van der Waals surface area contributed by atoms with Crippen molar-refractivity contribution in [2.24, 2.45) is 5.10 Å². The lowest BCUT2D eigenvalue weighted by Gasteiger charge is -2.11. The number of para-hydroxylation sites is 3. The molecule has 4 aromatic rings. The second-order valence-electron chi connectivity index (χ2n) is 7.71. The minimum atomic E-state index is -0.268. The molecule has 0 radical (unpaired) electrons. The summed E-state index contributed by atoms with van der Waals surface area (Å²) in [5.41, 5.74) is 9.34. The number of hydrogen-bond donors (Lipinski definition) is 3. The van der Waals surface area contributed by atoms with Crippen LogP contribution in [0.15, 0.2) is 53.6 Å². The summed E-state index contributed by atoms with van der Waals surface area (Å²) in [7, 11) is 0. The zero-order valence-electron chi connectivity index (χ0n) is 16.8. The summed E-state index contributed by atoms with van der Waals surface area (Å²) >= 11 is 0. The smallest absolute Gasteiger partial charge is 0.257 e. The molecule has 1 saturated carbocycles. The fourth-order valence-corrected chi connectivity index (χ4v) is 4.03. The Hall–Kier alpha value is -3.94. The topological polar surface area (TPSA) is 118 Å². The molecule has 4 N–H and O–H groups in total. The minimum absolute atomic E-state index is 0.0945. The number of nitrogens with one attached hydrogen (secondary N) is 1. The van der Waals surface area contributed by atoms with Crippen molar-refractivity contribution in [1.82, 2.24) is 20.0 Å². The van der Waals surface area contributed by atoms with Crippen LogP contribution in [0.2, 0.25) is 0 Å². The van der Waals surface area contributed by atoms with E-state index in [0.717, 1.165) is 25.7 Å². The molecular weight excluding hydrogens is 392 g/mol. The van der Waals surface area contributed by atoms with E-state index in [1.165, 1.54) is 10.9 Å². The van der Waals surface area contributed by atoms with Crippen molar-refractivity contribution in [3.63, 3.8) is 0 Å². The number of nitrogens with two attached hydrogens (primary N) is 1. The molecule has 2 aromatic heterocycles. The highest BCUT2D eigenvalue weighted by Gasteiger charge is 2.26. The molecular formula is C23H22N6O2. The van der Waals surface area contributed by atoms with Crippen LogP contribution in [0.25, 0.3) is 22.2 Å². The Morgan fingerprint density at radius 2 is 1.77 bits per heavy atom. The monoisotopic (exact) mass is 414 g/mol. The lowest BCUT2D eigenvalue weighted by Crippen LogP contribution is -2.33. The van der Waals surface area contributed by atoms with Gasteiger partial charge in [0.2, 0.25) is 0 Å². The van der Waals surface area contributed by atoms with Gasteiger partial charge >= 0.3 is 0 Å². The van der Waals surface area contributed by atoms with E-state index in [9.17, 15) is 9.90 Å². The highest BCUT2D eigenvalue weighted by molar-refractivity contribution is 6.10. The van der Waals surface area contributed by atoms with E-state index in [1.807, 2.05) is 24.3 Å². The van der Waals surface area contributed by atoms with Gasteiger partial charge < -0.3 is 16.2 Å². The number of amides is 1. The van der Waals surface area contributed by atoms with Crippen LogP contribution in [-0.2, 0) is 0 Å². The van der Waals surface area contributed by atoms with Crippen LogP contribution < -0.4 is 11.1 Å². The van der Waals surface area contributed by atoms with Crippen molar-refractivity contribution in [2.75, 3.05) is 5.73 Å². The maximum absolute atomic E-state index is 13.1. The average Bonchev–Trinajstić information content (AvgIpc) is 3.37. The summed E-state index contributed by atoms with van der Waals surface area (Å²) in [6, 6.07) is 14.4. The lowest BCUT2D eigenvalue weighted by atomic mass is 10.2. The summed E-state index contributed by atoms with van der Waals surface area (Å²) in [5.74, 6) is -0.0139. The lowest BCUT2D eigenvalue weighted by molar-refractivity contribution is 0.0940. The Morgan fingerprint density at radius 3 is 2.52 bits per heavy atom. The number of aromatic hydroxyl groups is 1. The van der Waals surface area contributed by atoms with Crippen LogP contribution in [0, 0.1) is 0 Å². The van der Waals surface area contributed by atoms with E-state index >= 15 is 0 Å². The second kappa shape index (κ2) is 7.71. The molecule has 0 spiro atoms. The largest absolute Gasteiger partial charge is 0.507 e. The number of aromatic nitrogens is 3. The third kappa shape index (κ3) is 3.46. The molecule has 31 heavy (non-hydrogen) atoms. The quantitative estimate of drug-likeness (QED) is 0.442. The number of carbonyl (C=O) groups is 1. The molecule has 1 amide bonds. The molecule has 8 heteroatoms. The first-order chi connectivity index (χ1) is 15.1. The van der Waals surface area contributed by atoms with Gasteiger partial charge in [0, 0.05) is 11.6 Å². The third-order valence-corrected chi connectivity index (χ3v) is 5.64. The van der Waals surface area contributed by atoms with E-state index in [1.54, 1.807) is 24.3 Å². The predicted octanol–water partition coefficient (Wildman–Crippen LogP) is 3.43. The SMILES string of the molecule is Nc1c(C(=O)NC2CCCC2)c2nc3ccccc3nc2n1N=Cc1ccccc1O. The maximum atomic E-state index is 13.1. The summed E-state index contributed by atoms with van der Waals surface area (Å²) in [4.78, 5) is 22.5. The summed E-state index contributed by atoms with van der Waals surface area (Å²) in [6.45, 7) is 0. The number of benzene rings is 2. The molecule has 0 bridgehead atoms. The number of phenolic OH excluding ortho intramolecular Hbond substituents is 1. The van der Waals surface area contributed by atoms with Crippen LogP contribution in [0.5, 0.6) is 5.75 Å². The second-order valence-corrected chi connectivity index (χ2v) is 7.71. The van der Waals surface area contributed by atoms with E-state index in [4.69, 9.17) is 5.73 Å². The summed E-state index contributed by atoms with van der Waals surface area (Å²) in [5, 5.41) is 17.6. The van der Waals surface area contributed by atoms with Crippen molar-refractivity contribution in [3.8, 4) is 5.75 Å². The third-order valence-electron chi connectivity index (χ3n) is 5.64. The first-order valence-corrected chi connectivity index (χ1v) is 10.3. The minimum Gasteiger partial charge on any atom is -0.507 e. The fraction of sp³-hybridized carbons (Fsp3) is 0.217. The molecule has 5 rings (SSSR count). The van der Waals surface area contributed by atoms with Crippen molar-refractivity contribution >= 4 is 40.1 Å². The summed E-state index contributed by atoms with van der Waals surface area (Å²) < 4.78 is 1.41. The zero-order chi connectivity index (χ0) is 21.4. The number of nitrogen functional groups attached to an aromatic ring is 1. The van der Waals surface area contributed by atoms with E-state index in [0.29, 0.717) is 27.8 Å². The molecule has 0 aliphatic heterocycles. The molecule has 2 heterocycles. The molecule has 8 nitrogen and oxygen atoms in total. The number of phenols is 1. The van der Waals surface area contributed by atoms with Crippen LogP contribution in [0.4, 0.5) is 5.82 Å². The van der Waals surface area contributed by atoms with Gasteiger partial charge in [-0.2, -0.15) is 9.78 Å². The molecule has 1 fully saturated rings. The normalized spacial score (nSPS) is 14.7. The number of rotatable bonds is 4. The first-order valence-electron chi connectivity index (χ1n) is 10.3. The number of anilines is 1. The zero-order valence-corrected chi connectivity index (χ0v) is 16.8. The van der Waals surface area contributed by atoms with Gasteiger partial charge in [0.1, 0.15) is 22.6 Å². The van der Waals surface area contributed by atoms with Gasteiger partial charge in [0.25, 0.3) is 5.91 Å². The molecule has 2 aromatic carbocycles. The van der Waals surface area contributed by atoms with Gasteiger partial charge in [-0.05, 0) is 37.1 Å². The Labute approximate surface area is 178 Å². The van der Waals surface area contributed by atoms with Crippen LogP contribution >= 0.6 is 0 Å². The van der Waals surface area contributed by atoms with Crippen LogP contribution in [0.1, 0.15) is 41.6 Å². The average molecular weight is 414 g/mol. The molecule has 1 aliphatic carbocycles. The van der Waals surface area contributed by atoms with Gasteiger partial charge in [-0.25, -0.2) is 9.97 Å². The van der Waals surface area contributed by atoms with E-state index in [-0.39, 0.29) is 29.1 Å². The van der Waals surface area contributed by atoms with Crippen LogP contribution in [0.3, 0.4) is 0 Å². The Kier molecular flexibility index (Phi) is 4.74. The number of fused-ring (bicyclic) bond motifs is 2. The van der Waals surface area contributed by atoms with Gasteiger partial charge in [-0.15, -0.1) is 0 Å². The fourth-order valence-electron chi connectivity index (χ4n) is 4.03. The maximum Gasteiger partial charge on any atom is 0.257 e. The van der Waals surface area contributed by atoms with Crippen molar-refractivity contribution in [1.29, 1.82) is 0 Å². The van der Waals surface area contributed by atoms with Crippen molar-refractivity contribution in [2.45, 2.75) is 31.7 Å². The number of nitrogens with zero attached hydrogens (tertiary/aromatic N) is 4. The number of carbonyl (C=O) groups excluding carboxylic acids is 1. The number of hydrogen-bond acceptors (Lipinski definition) is 6. The predicted molar refractivity (Wildman–Crippen MR) is 120 cm³/mol. The van der Waals surface area contributed by atoms with Crippen LogP contribution in [-0.4, -0.2) is 37.9 Å². The first kappa shape index (κ1) is 19.0. The molecule has 1 aliphatic rings. The van der Waals surface area contributed by atoms with Gasteiger partial charge in [-0.3, -0.25) is 4.79 Å². The molecule has 0 saturated heterocycles. The molecule has 0 atom stereocenters. The van der Waals surface area contributed by atoms with Gasteiger partial charge in [-0.1, -0.05) is 37.1 Å². The highest BCUT2D eigenvalue weighted by Crippen LogP contribution is 2.29. The Balaban J connectivity index is 1.66. The molecule has 156 valence electrons. The summed E-state index contributed by atoms with van der Waals surface area (Å²) in [6.07, 6.45) is 5.63.